The standard InChI is InChI=1S/C11H18N4OS/c1-7(6-17-3)15(2)11(16)10-12-9(13-14-10)8-4-5-8/h7-8H,4-6H2,1-3H3,(H,12,13,14). The van der Waals surface area contributed by atoms with Gasteiger partial charge in [0.15, 0.2) is 0 Å². The number of amides is 1. The van der Waals surface area contributed by atoms with Crippen molar-refractivity contribution in [1.29, 1.82) is 0 Å². The van der Waals surface area contributed by atoms with Gasteiger partial charge in [-0.25, -0.2) is 4.98 Å². The second kappa shape index (κ2) is 5.08. The summed E-state index contributed by atoms with van der Waals surface area (Å²) in [5, 5.41) is 6.87. The lowest BCUT2D eigenvalue weighted by Crippen LogP contribution is -2.37. The number of hydrogen-bond donors (Lipinski definition) is 1. The van der Waals surface area contributed by atoms with E-state index in [4.69, 9.17) is 0 Å². The first-order chi connectivity index (χ1) is 8.13. The Morgan fingerprint density at radius 2 is 2.35 bits per heavy atom. The highest BCUT2D eigenvalue weighted by Gasteiger charge is 2.29. The maximum Gasteiger partial charge on any atom is 0.293 e. The van der Waals surface area contributed by atoms with Crippen molar-refractivity contribution < 1.29 is 4.79 Å². The fourth-order valence-electron chi connectivity index (χ4n) is 1.62. The lowest BCUT2D eigenvalue weighted by atomic mass is 10.3. The van der Waals surface area contributed by atoms with Crippen molar-refractivity contribution in [3.63, 3.8) is 0 Å². The number of rotatable bonds is 5. The van der Waals surface area contributed by atoms with Gasteiger partial charge in [-0.05, 0) is 26.0 Å². The first-order valence-corrected chi connectivity index (χ1v) is 7.21. The number of carbonyl (C=O) groups is 1. The van der Waals surface area contributed by atoms with Gasteiger partial charge in [0.2, 0.25) is 5.82 Å². The van der Waals surface area contributed by atoms with Crippen molar-refractivity contribution in [2.24, 2.45) is 0 Å². The van der Waals surface area contributed by atoms with Crippen LogP contribution in [0, 0.1) is 0 Å². The molecule has 6 heteroatoms. The predicted octanol–water partition coefficient (Wildman–Crippen LogP) is 1.51. The summed E-state index contributed by atoms with van der Waals surface area (Å²) in [6.45, 7) is 2.03. The first-order valence-electron chi connectivity index (χ1n) is 5.82. The number of carbonyl (C=O) groups excluding carboxylic acids is 1. The molecule has 1 saturated carbocycles. The molecule has 1 aliphatic carbocycles. The third-order valence-corrected chi connectivity index (χ3v) is 3.86. The maximum atomic E-state index is 12.1. The predicted molar refractivity (Wildman–Crippen MR) is 68.3 cm³/mol. The molecule has 5 nitrogen and oxygen atoms in total. The van der Waals surface area contributed by atoms with Crippen LogP contribution < -0.4 is 0 Å². The molecule has 17 heavy (non-hydrogen) atoms. The molecular weight excluding hydrogens is 236 g/mol. The molecule has 1 aliphatic rings. The fourth-order valence-corrected chi connectivity index (χ4v) is 2.33. The molecular formula is C11H18N4OS. The Morgan fingerprint density at radius 3 is 2.94 bits per heavy atom. The van der Waals surface area contributed by atoms with Crippen molar-refractivity contribution >= 4 is 17.7 Å². The van der Waals surface area contributed by atoms with E-state index in [9.17, 15) is 4.79 Å². The van der Waals surface area contributed by atoms with E-state index >= 15 is 0 Å². The van der Waals surface area contributed by atoms with E-state index in [-0.39, 0.29) is 11.9 Å². The van der Waals surface area contributed by atoms with Crippen molar-refractivity contribution in [3.05, 3.63) is 11.6 Å². The molecule has 1 aromatic rings. The Labute approximate surface area is 105 Å². The van der Waals surface area contributed by atoms with Gasteiger partial charge < -0.3 is 4.90 Å². The smallest absolute Gasteiger partial charge is 0.293 e. The van der Waals surface area contributed by atoms with E-state index in [0.29, 0.717) is 11.7 Å². The fraction of sp³-hybridized carbons (Fsp3) is 0.727. The molecule has 1 aromatic heterocycles. The van der Waals surface area contributed by atoms with Crippen LogP contribution in [0.25, 0.3) is 0 Å². The molecule has 0 radical (unpaired) electrons. The summed E-state index contributed by atoms with van der Waals surface area (Å²) in [7, 11) is 1.80. The molecule has 0 aromatic carbocycles. The SMILES string of the molecule is CSCC(C)N(C)C(=O)c1n[nH]c(C2CC2)n1. The number of aromatic amines is 1. The highest BCUT2D eigenvalue weighted by atomic mass is 32.2. The summed E-state index contributed by atoms with van der Waals surface area (Å²) in [6.07, 6.45) is 4.34. The van der Waals surface area contributed by atoms with Crippen LogP contribution in [0.4, 0.5) is 0 Å². The second-order valence-corrected chi connectivity index (χ2v) is 5.45. The van der Waals surface area contributed by atoms with Crippen LogP contribution in [-0.2, 0) is 0 Å². The number of nitrogens with zero attached hydrogens (tertiary/aromatic N) is 3. The van der Waals surface area contributed by atoms with Gasteiger partial charge >= 0.3 is 0 Å². The van der Waals surface area contributed by atoms with Crippen LogP contribution in [0.1, 0.15) is 42.1 Å². The van der Waals surface area contributed by atoms with Gasteiger partial charge in [-0.3, -0.25) is 9.89 Å². The van der Waals surface area contributed by atoms with Gasteiger partial charge in [-0.2, -0.15) is 11.8 Å². The molecule has 0 bridgehead atoms. The number of hydrogen-bond acceptors (Lipinski definition) is 4. The van der Waals surface area contributed by atoms with E-state index in [1.165, 1.54) is 0 Å². The Balaban J connectivity index is 2.02. The van der Waals surface area contributed by atoms with Crippen molar-refractivity contribution in [2.75, 3.05) is 19.1 Å². The van der Waals surface area contributed by atoms with Crippen LogP contribution in [0.5, 0.6) is 0 Å². The summed E-state index contributed by atoms with van der Waals surface area (Å²) >= 11 is 1.73. The van der Waals surface area contributed by atoms with Gasteiger partial charge in [0.25, 0.3) is 5.91 Å². The molecule has 1 fully saturated rings. The Kier molecular flexibility index (Phi) is 3.71. The molecule has 2 rings (SSSR count). The highest BCUT2D eigenvalue weighted by Crippen LogP contribution is 2.37. The summed E-state index contributed by atoms with van der Waals surface area (Å²) in [5.74, 6) is 2.47. The zero-order chi connectivity index (χ0) is 12.4. The van der Waals surface area contributed by atoms with Gasteiger partial charge in [0.05, 0.1) is 0 Å². The minimum absolute atomic E-state index is 0.102. The summed E-state index contributed by atoms with van der Waals surface area (Å²) in [5.41, 5.74) is 0. The molecule has 1 unspecified atom stereocenters. The van der Waals surface area contributed by atoms with Crippen LogP contribution in [-0.4, -0.2) is 51.1 Å². The number of aromatic nitrogens is 3. The molecule has 1 amide bonds. The van der Waals surface area contributed by atoms with E-state index in [0.717, 1.165) is 24.4 Å². The van der Waals surface area contributed by atoms with Gasteiger partial charge in [-0.15, -0.1) is 5.10 Å². The van der Waals surface area contributed by atoms with E-state index in [2.05, 4.69) is 15.2 Å². The summed E-state index contributed by atoms with van der Waals surface area (Å²) < 4.78 is 0. The molecule has 0 spiro atoms. The lowest BCUT2D eigenvalue weighted by molar-refractivity contribution is 0.0745. The average Bonchev–Trinajstić information content (AvgIpc) is 3.06. The lowest BCUT2D eigenvalue weighted by Gasteiger charge is -2.22. The maximum absolute atomic E-state index is 12.1. The normalized spacial score (nSPS) is 16.9. The third-order valence-electron chi connectivity index (χ3n) is 3.05. The highest BCUT2D eigenvalue weighted by molar-refractivity contribution is 7.98. The van der Waals surface area contributed by atoms with Crippen molar-refractivity contribution in [1.82, 2.24) is 20.1 Å². The van der Waals surface area contributed by atoms with Crippen LogP contribution in [0.2, 0.25) is 0 Å². The Hall–Kier alpha value is -1.04. The average molecular weight is 254 g/mol. The van der Waals surface area contributed by atoms with Crippen LogP contribution >= 0.6 is 11.8 Å². The Bertz CT molecular complexity index is 402. The molecule has 1 heterocycles. The topological polar surface area (TPSA) is 61.9 Å². The van der Waals surface area contributed by atoms with Crippen LogP contribution in [0.15, 0.2) is 0 Å². The molecule has 1 atom stereocenters. The second-order valence-electron chi connectivity index (χ2n) is 4.54. The summed E-state index contributed by atoms with van der Waals surface area (Å²) in [6, 6.07) is 0.195. The molecule has 0 aliphatic heterocycles. The molecule has 1 N–H and O–H groups in total. The van der Waals surface area contributed by atoms with E-state index in [1.807, 2.05) is 13.2 Å². The van der Waals surface area contributed by atoms with Crippen LogP contribution in [0.3, 0.4) is 0 Å². The zero-order valence-corrected chi connectivity index (χ0v) is 11.3. The number of H-pyrrole nitrogens is 1. The molecule has 94 valence electrons. The van der Waals surface area contributed by atoms with Gasteiger partial charge in [0, 0.05) is 24.8 Å². The number of nitrogens with one attached hydrogen (secondary N) is 1. The minimum atomic E-state index is -0.102. The van der Waals surface area contributed by atoms with E-state index in [1.54, 1.807) is 23.7 Å². The Morgan fingerprint density at radius 1 is 1.65 bits per heavy atom. The summed E-state index contributed by atoms with van der Waals surface area (Å²) in [4.78, 5) is 18.1. The largest absolute Gasteiger partial charge is 0.335 e. The zero-order valence-electron chi connectivity index (χ0n) is 10.4. The van der Waals surface area contributed by atoms with Gasteiger partial charge in [-0.1, -0.05) is 0 Å². The third kappa shape index (κ3) is 2.80. The number of thioether (sulfide) groups is 1. The van der Waals surface area contributed by atoms with Gasteiger partial charge in [0.1, 0.15) is 5.82 Å². The minimum Gasteiger partial charge on any atom is -0.335 e. The van der Waals surface area contributed by atoms with Crippen molar-refractivity contribution in [2.45, 2.75) is 31.7 Å². The first kappa shape index (κ1) is 12.4. The molecule has 0 saturated heterocycles. The van der Waals surface area contributed by atoms with Crippen molar-refractivity contribution in [3.8, 4) is 0 Å². The van der Waals surface area contributed by atoms with E-state index < -0.39 is 0 Å². The monoisotopic (exact) mass is 254 g/mol. The quantitative estimate of drug-likeness (QED) is 0.865.